The van der Waals surface area contributed by atoms with Crippen LogP contribution in [0, 0.1) is 0 Å². The van der Waals surface area contributed by atoms with Gasteiger partial charge in [0.15, 0.2) is 0 Å². The molecule has 2 heterocycles. The number of hydrogen-bond donors (Lipinski definition) is 0. The fourth-order valence-corrected chi connectivity index (χ4v) is 3.53. The lowest BCUT2D eigenvalue weighted by Crippen LogP contribution is -2.34. The van der Waals surface area contributed by atoms with Gasteiger partial charge in [-0.05, 0) is 61.5 Å². The summed E-state index contributed by atoms with van der Waals surface area (Å²) in [6.45, 7) is 3.57. The molecule has 7 heteroatoms. The van der Waals surface area contributed by atoms with Crippen LogP contribution in [0.25, 0.3) is 11.8 Å². The van der Waals surface area contributed by atoms with Crippen molar-refractivity contribution in [1.82, 2.24) is 9.47 Å². The van der Waals surface area contributed by atoms with Gasteiger partial charge in [0, 0.05) is 23.6 Å². The maximum atomic E-state index is 12.4. The Morgan fingerprint density at radius 1 is 1.20 bits per heavy atom. The highest BCUT2D eigenvalue weighted by molar-refractivity contribution is 8.18. The van der Waals surface area contributed by atoms with Crippen LogP contribution in [-0.4, -0.2) is 32.6 Å². The number of carbonyl (C=O) groups excluding carboxylic acids is 3. The predicted octanol–water partition coefficient (Wildman–Crippen LogP) is 2.29. The fraction of sp³-hybridized carbons (Fsp3) is 0.167. The molecule has 25 heavy (non-hydrogen) atoms. The van der Waals surface area contributed by atoms with E-state index in [0.717, 1.165) is 11.8 Å². The number of hydrogen-bond acceptors (Lipinski definition) is 5. The third-order valence-electron chi connectivity index (χ3n) is 3.76. The first kappa shape index (κ1) is 17.0. The van der Waals surface area contributed by atoms with E-state index in [1.165, 1.54) is 17.0 Å². The van der Waals surface area contributed by atoms with E-state index < -0.39 is 5.97 Å². The number of benzene rings is 1. The van der Waals surface area contributed by atoms with Gasteiger partial charge >= 0.3 is 0 Å². The third kappa shape index (κ3) is 3.23. The minimum absolute atomic E-state index is 0.0669. The summed E-state index contributed by atoms with van der Waals surface area (Å²) in [5.74, 6) is -1.57. The van der Waals surface area contributed by atoms with Crippen LogP contribution in [0.5, 0.6) is 0 Å². The Bertz CT molecular complexity index is 898. The molecule has 2 amide bonds. The Morgan fingerprint density at radius 3 is 2.60 bits per heavy atom. The van der Waals surface area contributed by atoms with Crippen LogP contribution < -0.4 is 5.11 Å². The van der Waals surface area contributed by atoms with Crippen LogP contribution in [-0.2, 0) is 4.79 Å². The summed E-state index contributed by atoms with van der Waals surface area (Å²) in [7, 11) is 0. The number of carboxylic acids is 1. The average Bonchev–Trinajstić information content (AvgIpc) is 3.12. The second-order valence-electron chi connectivity index (χ2n) is 5.79. The lowest BCUT2D eigenvalue weighted by Gasteiger charge is -2.16. The zero-order valence-electron chi connectivity index (χ0n) is 13.6. The number of carbonyl (C=O) groups is 3. The van der Waals surface area contributed by atoms with Crippen molar-refractivity contribution in [2.45, 2.75) is 19.9 Å². The third-order valence-corrected chi connectivity index (χ3v) is 4.64. The summed E-state index contributed by atoms with van der Waals surface area (Å²) >= 11 is 0.901. The Morgan fingerprint density at radius 2 is 1.96 bits per heavy atom. The molecular weight excluding hydrogens is 340 g/mol. The average molecular weight is 355 g/mol. The van der Waals surface area contributed by atoms with Crippen LogP contribution in [0.15, 0.2) is 47.5 Å². The largest absolute Gasteiger partial charge is 0.545 e. The quantitative estimate of drug-likeness (QED) is 0.786. The lowest BCUT2D eigenvalue weighted by molar-refractivity contribution is -0.255. The van der Waals surface area contributed by atoms with E-state index >= 15 is 0 Å². The normalized spacial score (nSPS) is 16.3. The topological polar surface area (TPSA) is 82.4 Å². The highest BCUT2D eigenvalue weighted by atomic mass is 32.2. The van der Waals surface area contributed by atoms with Crippen LogP contribution in [0.4, 0.5) is 4.79 Å². The van der Waals surface area contributed by atoms with Gasteiger partial charge in [0.05, 0.1) is 10.9 Å². The van der Waals surface area contributed by atoms with E-state index in [-0.39, 0.29) is 22.8 Å². The first-order valence-corrected chi connectivity index (χ1v) is 8.46. The molecule has 0 aliphatic carbocycles. The molecule has 1 aliphatic heterocycles. The van der Waals surface area contributed by atoms with Gasteiger partial charge in [-0.1, -0.05) is 12.1 Å². The van der Waals surface area contributed by atoms with Gasteiger partial charge < -0.3 is 14.5 Å². The van der Waals surface area contributed by atoms with Gasteiger partial charge in [0.25, 0.3) is 11.1 Å². The molecule has 1 aliphatic rings. The maximum Gasteiger partial charge on any atom is 0.293 e. The van der Waals surface area contributed by atoms with Gasteiger partial charge in [-0.25, -0.2) is 0 Å². The first-order valence-electron chi connectivity index (χ1n) is 7.64. The van der Waals surface area contributed by atoms with Crippen molar-refractivity contribution in [3.63, 3.8) is 0 Å². The second-order valence-corrected chi connectivity index (χ2v) is 6.78. The van der Waals surface area contributed by atoms with Crippen molar-refractivity contribution >= 4 is 35.0 Å². The molecule has 0 spiro atoms. The van der Waals surface area contributed by atoms with Gasteiger partial charge in [-0.2, -0.15) is 0 Å². The summed E-state index contributed by atoms with van der Waals surface area (Å²) < 4.78 is 1.75. The molecule has 1 aromatic heterocycles. The molecule has 2 aromatic rings. The van der Waals surface area contributed by atoms with Gasteiger partial charge in [0.1, 0.15) is 0 Å². The molecule has 0 radical (unpaired) electrons. The molecule has 3 rings (SSSR count). The van der Waals surface area contributed by atoms with Gasteiger partial charge in [-0.15, -0.1) is 0 Å². The molecule has 0 atom stereocenters. The first-order chi connectivity index (χ1) is 11.9. The molecule has 1 fully saturated rings. The van der Waals surface area contributed by atoms with Crippen molar-refractivity contribution in [1.29, 1.82) is 0 Å². The molecule has 6 nitrogen and oxygen atoms in total. The molecule has 128 valence electrons. The monoisotopic (exact) mass is 355 g/mol. The summed E-state index contributed by atoms with van der Waals surface area (Å²) in [5.41, 5.74) is 1.36. The summed E-state index contributed by atoms with van der Waals surface area (Å²) in [6.07, 6.45) is 3.39. The minimum atomic E-state index is -1.26. The number of carboxylic acid groups (broad SMARTS) is 1. The SMILES string of the molecule is CC(C)N1C(=O)S/C(=C\c2cccn2-c2cccc(C(=O)[O-])c2)C1=O. The van der Waals surface area contributed by atoms with E-state index in [1.807, 2.05) is 0 Å². The fourth-order valence-electron chi connectivity index (χ4n) is 2.59. The zero-order chi connectivity index (χ0) is 18.1. The van der Waals surface area contributed by atoms with Crippen molar-refractivity contribution in [2.75, 3.05) is 0 Å². The summed E-state index contributed by atoms with van der Waals surface area (Å²) in [5, 5.41) is 10.8. The van der Waals surface area contributed by atoms with E-state index in [0.29, 0.717) is 16.3 Å². The lowest BCUT2D eigenvalue weighted by atomic mass is 10.2. The Balaban J connectivity index is 1.98. The molecule has 0 bridgehead atoms. The van der Waals surface area contributed by atoms with E-state index in [1.54, 1.807) is 55.0 Å². The number of aromatic nitrogens is 1. The molecule has 0 saturated carbocycles. The zero-order valence-corrected chi connectivity index (χ0v) is 14.4. The van der Waals surface area contributed by atoms with Crippen LogP contribution in [0.2, 0.25) is 0 Å². The maximum absolute atomic E-state index is 12.4. The number of imide groups is 1. The van der Waals surface area contributed by atoms with E-state index in [2.05, 4.69) is 0 Å². The van der Waals surface area contributed by atoms with Crippen LogP contribution >= 0.6 is 11.8 Å². The Kier molecular flexibility index (Phi) is 4.50. The van der Waals surface area contributed by atoms with E-state index in [4.69, 9.17) is 0 Å². The molecule has 1 aromatic carbocycles. The van der Waals surface area contributed by atoms with Gasteiger partial charge in [0.2, 0.25) is 0 Å². The molecule has 0 unspecified atom stereocenters. The van der Waals surface area contributed by atoms with Crippen molar-refractivity contribution in [3.05, 3.63) is 58.8 Å². The Labute approximate surface area is 148 Å². The van der Waals surface area contributed by atoms with E-state index in [9.17, 15) is 19.5 Å². The van der Waals surface area contributed by atoms with Crippen molar-refractivity contribution < 1.29 is 19.5 Å². The highest BCUT2D eigenvalue weighted by Gasteiger charge is 2.36. The molecular formula is C18H15N2O4S-. The standard InChI is InChI=1S/C18H16N2O4S/c1-11(2)20-16(21)15(25-18(20)24)10-14-7-4-8-19(14)13-6-3-5-12(9-13)17(22)23/h3-11H,1-2H3,(H,22,23)/p-1/b15-10-. The predicted molar refractivity (Wildman–Crippen MR) is 93.0 cm³/mol. The molecule has 0 N–H and O–H groups in total. The number of amides is 2. The minimum Gasteiger partial charge on any atom is -0.545 e. The number of nitrogens with zero attached hydrogens (tertiary/aromatic N) is 2. The molecule has 1 saturated heterocycles. The van der Waals surface area contributed by atoms with Crippen molar-refractivity contribution in [2.24, 2.45) is 0 Å². The second kappa shape index (κ2) is 6.60. The Hall–Kier alpha value is -2.80. The van der Waals surface area contributed by atoms with Crippen LogP contribution in [0.1, 0.15) is 29.9 Å². The summed E-state index contributed by atoms with van der Waals surface area (Å²) in [4.78, 5) is 37.0. The van der Waals surface area contributed by atoms with Crippen molar-refractivity contribution in [3.8, 4) is 5.69 Å². The number of thioether (sulfide) groups is 1. The van der Waals surface area contributed by atoms with Gasteiger partial charge in [-0.3, -0.25) is 14.5 Å². The number of aromatic carboxylic acids is 1. The number of rotatable bonds is 4. The van der Waals surface area contributed by atoms with Crippen LogP contribution in [0.3, 0.4) is 0 Å². The highest BCUT2D eigenvalue weighted by Crippen LogP contribution is 2.33. The smallest absolute Gasteiger partial charge is 0.293 e. The summed E-state index contributed by atoms with van der Waals surface area (Å²) in [6, 6.07) is 9.69.